The van der Waals surface area contributed by atoms with Gasteiger partial charge in [-0.05, 0) is 23.8 Å². The average molecular weight is 292 g/mol. The van der Waals surface area contributed by atoms with E-state index in [0.717, 1.165) is 30.2 Å². The summed E-state index contributed by atoms with van der Waals surface area (Å²) in [5.74, 6) is 1.66. The molecule has 1 aliphatic heterocycles. The number of nitrogens with zero attached hydrogens (tertiary/aromatic N) is 1. The lowest BCUT2D eigenvalue weighted by atomic mass is 10.1. The number of carbonyl (C=O) groups excluding carboxylic acids is 1. The van der Waals surface area contributed by atoms with Gasteiger partial charge in [-0.15, -0.1) is 11.8 Å². The molecule has 0 bridgehead atoms. The number of benzene rings is 1. The molecule has 1 aromatic carbocycles. The van der Waals surface area contributed by atoms with Crippen molar-refractivity contribution < 1.29 is 4.79 Å². The molecule has 5 heteroatoms. The van der Waals surface area contributed by atoms with Crippen LogP contribution in [0.3, 0.4) is 0 Å². The molecule has 1 aromatic rings. The highest BCUT2D eigenvalue weighted by Crippen LogP contribution is 2.15. The zero-order chi connectivity index (χ0) is 13.7. The Morgan fingerprint density at radius 1 is 1.37 bits per heavy atom. The van der Waals surface area contributed by atoms with Gasteiger partial charge in [0, 0.05) is 6.54 Å². The van der Waals surface area contributed by atoms with Gasteiger partial charge >= 0.3 is 0 Å². The van der Waals surface area contributed by atoms with Crippen LogP contribution in [0.4, 0.5) is 0 Å². The lowest BCUT2D eigenvalue weighted by Gasteiger charge is -2.27. The summed E-state index contributed by atoms with van der Waals surface area (Å²) in [5.41, 5.74) is 6.95. The van der Waals surface area contributed by atoms with Gasteiger partial charge in [0.2, 0.25) is 5.78 Å². The molecule has 0 aliphatic carbocycles. The van der Waals surface area contributed by atoms with Gasteiger partial charge in [-0.2, -0.15) is 0 Å². The third-order valence-corrected chi connectivity index (χ3v) is 4.34. The summed E-state index contributed by atoms with van der Waals surface area (Å²) in [6.45, 7) is 0.843. The van der Waals surface area contributed by atoms with Crippen LogP contribution >= 0.6 is 24.0 Å². The highest BCUT2D eigenvalue weighted by molar-refractivity contribution is 7.99. The zero-order valence-electron chi connectivity index (χ0n) is 10.5. The molecule has 0 unspecified atom stereocenters. The van der Waals surface area contributed by atoms with Crippen molar-refractivity contribution in [1.29, 1.82) is 0 Å². The molecule has 19 heavy (non-hydrogen) atoms. The van der Waals surface area contributed by atoms with Gasteiger partial charge < -0.3 is 10.6 Å². The number of Topliss-reactive ketones (excluding diaryl/α,β-unsaturated/α-hetero) is 1. The molecule has 2 N–H and O–H groups in total. The second-order valence-electron chi connectivity index (χ2n) is 4.30. The van der Waals surface area contributed by atoms with Crippen LogP contribution in [0, 0.1) is 0 Å². The van der Waals surface area contributed by atoms with Gasteiger partial charge in [-0.3, -0.25) is 4.79 Å². The predicted octanol–water partition coefficient (Wildman–Crippen LogP) is 2.28. The second kappa shape index (κ2) is 6.73. The van der Waals surface area contributed by atoms with E-state index in [1.807, 2.05) is 35.2 Å². The van der Waals surface area contributed by atoms with E-state index in [1.165, 1.54) is 0 Å². The summed E-state index contributed by atoms with van der Waals surface area (Å²) in [4.78, 5) is 14.4. The maximum absolute atomic E-state index is 12.2. The number of hydrogen-bond acceptors (Lipinski definition) is 4. The second-order valence-corrected chi connectivity index (χ2v) is 5.76. The minimum Gasteiger partial charge on any atom is -0.395 e. The molecule has 0 aromatic heterocycles. The first-order chi connectivity index (χ1) is 9.18. The molecular formula is C14H16N2OS2. The fourth-order valence-electron chi connectivity index (χ4n) is 1.82. The lowest BCUT2D eigenvalue weighted by Crippen LogP contribution is -2.39. The fourth-order valence-corrected chi connectivity index (χ4v) is 3.11. The first-order valence-corrected chi connectivity index (χ1v) is 7.68. The van der Waals surface area contributed by atoms with Crippen molar-refractivity contribution in [1.82, 2.24) is 4.90 Å². The number of nitrogens with two attached hydrogens (primary N) is 1. The van der Waals surface area contributed by atoms with E-state index in [9.17, 15) is 4.79 Å². The third-order valence-electron chi connectivity index (χ3n) is 2.83. The van der Waals surface area contributed by atoms with E-state index in [0.29, 0.717) is 4.99 Å². The van der Waals surface area contributed by atoms with E-state index in [1.54, 1.807) is 17.8 Å². The molecule has 100 valence electrons. The minimum atomic E-state index is -0.249. The molecule has 1 fully saturated rings. The maximum atomic E-state index is 12.2. The highest BCUT2D eigenvalue weighted by atomic mass is 32.2. The largest absolute Gasteiger partial charge is 0.395 e. The topological polar surface area (TPSA) is 46.3 Å². The molecule has 1 aliphatic rings. The molecule has 0 saturated carbocycles. The molecule has 0 amide bonds. The number of rotatable bonds is 3. The Morgan fingerprint density at radius 2 is 2.11 bits per heavy atom. The molecule has 0 radical (unpaired) electrons. The maximum Gasteiger partial charge on any atom is 0.235 e. The summed E-state index contributed by atoms with van der Waals surface area (Å²) in [6.07, 6.45) is 2.73. The first kappa shape index (κ1) is 14.1. The van der Waals surface area contributed by atoms with Gasteiger partial charge in [-0.25, -0.2) is 0 Å². The van der Waals surface area contributed by atoms with Crippen LogP contribution in [0.25, 0.3) is 6.08 Å². The van der Waals surface area contributed by atoms with Crippen LogP contribution in [0.15, 0.2) is 36.0 Å². The summed E-state index contributed by atoms with van der Waals surface area (Å²) >= 11 is 7.02. The van der Waals surface area contributed by atoms with E-state index in [2.05, 4.69) is 0 Å². The number of hydrogen-bond donors (Lipinski definition) is 1. The highest BCUT2D eigenvalue weighted by Gasteiger charge is 2.21. The van der Waals surface area contributed by atoms with Crippen molar-refractivity contribution in [2.45, 2.75) is 6.42 Å². The van der Waals surface area contributed by atoms with Gasteiger partial charge in [0.1, 0.15) is 0 Å². The standard InChI is InChI=1S/C14H16N2OS2/c15-12(9-11-5-2-1-3-6-11)13(17)14(18)16-7-4-8-19-10-16/h1-3,5-6,9H,4,7-8,10,15H2/b12-9-. The van der Waals surface area contributed by atoms with Crippen molar-refractivity contribution in [3.63, 3.8) is 0 Å². The van der Waals surface area contributed by atoms with Gasteiger partial charge in [-0.1, -0.05) is 42.5 Å². The van der Waals surface area contributed by atoms with Crippen molar-refractivity contribution in [2.75, 3.05) is 18.2 Å². The average Bonchev–Trinajstić information content (AvgIpc) is 2.47. The van der Waals surface area contributed by atoms with Crippen molar-refractivity contribution >= 4 is 40.8 Å². The van der Waals surface area contributed by atoms with Crippen LogP contribution in [-0.4, -0.2) is 33.8 Å². The SMILES string of the molecule is N/C(=C\c1ccccc1)C(=O)C(=S)N1CCCSC1. The first-order valence-electron chi connectivity index (χ1n) is 6.12. The van der Waals surface area contributed by atoms with Gasteiger partial charge in [0.15, 0.2) is 4.99 Å². The molecule has 1 heterocycles. The zero-order valence-corrected chi connectivity index (χ0v) is 12.2. The van der Waals surface area contributed by atoms with Crippen molar-refractivity contribution in [3.05, 3.63) is 41.6 Å². The molecule has 0 atom stereocenters. The van der Waals surface area contributed by atoms with Gasteiger partial charge in [0.05, 0.1) is 11.6 Å². The van der Waals surface area contributed by atoms with E-state index < -0.39 is 0 Å². The fraction of sp³-hybridized carbons (Fsp3) is 0.286. The Morgan fingerprint density at radius 3 is 2.74 bits per heavy atom. The van der Waals surface area contributed by atoms with E-state index >= 15 is 0 Å². The van der Waals surface area contributed by atoms with E-state index in [-0.39, 0.29) is 11.5 Å². The Hall–Kier alpha value is -1.33. The van der Waals surface area contributed by atoms with Crippen LogP contribution < -0.4 is 5.73 Å². The molecule has 3 nitrogen and oxygen atoms in total. The summed E-state index contributed by atoms with van der Waals surface area (Å²) in [6, 6.07) is 9.54. The summed E-state index contributed by atoms with van der Waals surface area (Å²) in [5, 5.41) is 0. The van der Waals surface area contributed by atoms with E-state index in [4.69, 9.17) is 18.0 Å². The Kier molecular flexibility index (Phi) is 4.99. The number of ketones is 1. The number of carbonyl (C=O) groups is 1. The summed E-state index contributed by atoms with van der Waals surface area (Å²) < 4.78 is 0. The summed E-state index contributed by atoms with van der Waals surface area (Å²) in [7, 11) is 0. The molecular weight excluding hydrogens is 276 g/mol. The Balaban J connectivity index is 2.06. The molecule has 2 rings (SSSR count). The Bertz CT molecular complexity index is 493. The Labute approximate surface area is 122 Å². The molecule has 1 saturated heterocycles. The molecule has 0 spiro atoms. The van der Waals surface area contributed by atoms with Crippen LogP contribution in [-0.2, 0) is 4.79 Å². The van der Waals surface area contributed by atoms with Crippen LogP contribution in [0.5, 0.6) is 0 Å². The number of thioether (sulfide) groups is 1. The number of thiocarbonyl (C=S) groups is 1. The van der Waals surface area contributed by atoms with Crippen LogP contribution in [0.2, 0.25) is 0 Å². The van der Waals surface area contributed by atoms with Crippen LogP contribution in [0.1, 0.15) is 12.0 Å². The predicted molar refractivity (Wildman–Crippen MR) is 84.9 cm³/mol. The normalized spacial score (nSPS) is 16.2. The minimum absolute atomic E-state index is 0.201. The van der Waals surface area contributed by atoms with Crippen molar-refractivity contribution in [3.8, 4) is 0 Å². The lowest BCUT2D eigenvalue weighted by molar-refractivity contribution is -0.110. The third kappa shape index (κ3) is 3.81. The smallest absolute Gasteiger partial charge is 0.235 e. The van der Waals surface area contributed by atoms with Crippen molar-refractivity contribution in [2.24, 2.45) is 5.73 Å². The quantitative estimate of drug-likeness (QED) is 0.684. The monoisotopic (exact) mass is 292 g/mol. The van der Waals surface area contributed by atoms with Gasteiger partial charge in [0.25, 0.3) is 0 Å².